The van der Waals surface area contributed by atoms with Crippen molar-refractivity contribution in [3.8, 4) is 0 Å². The second-order valence-electron chi connectivity index (χ2n) is 4.20. The van der Waals surface area contributed by atoms with Crippen LogP contribution in [-0.2, 0) is 9.47 Å². The molecule has 1 saturated heterocycles. The number of hydrogen-bond donors (Lipinski definition) is 0. The third-order valence-electron chi connectivity index (χ3n) is 3.03. The zero-order chi connectivity index (χ0) is 12.4. The van der Waals surface area contributed by atoms with E-state index in [0.717, 1.165) is 10.8 Å². The Balaban J connectivity index is 1.91. The van der Waals surface area contributed by atoms with E-state index in [1.165, 1.54) is 0 Å². The molecule has 2 aromatic rings. The summed E-state index contributed by atoms with van der Waals surface area (Å²) in [5.41, 5.74) is 0.680. The van der Waals surface area contributed by atoms with Crippen LogP contribution in [0.3, 0.4) is 0 Å². The van der Waals surface area contributed by atoms with E-state index in [0.29, 0.717) is 18.8 Å². The molecule has 0 spiro atoms. The minimum atomic E-state index is -0.399. The van der Waals surface area contributed by atoms with Crippen LogP contribution in [0.4, 0.5) is 0 Å². The number of aromatic nitrogens is 1. The van der Waals surface area contributed by atoms with Crippen LogP contribution in [0, 0.1) is 0 Å². The molecule has 1 fully saturated rings. The van der Waals surface area contributed by atoms with Gasteiger partial charge in [-0.3, -0.25) is 9.78 Å². The van der Waals surface area contributed by atoms with Gasteiger partial charge in [0.25, 0.3) is 0 Å². The van der Waals surface area contributed by atoms with E-state index in [1.807, 2.05) is 24.3 Å². The fourth-order valence-corrected chi connectivity index (χ4v) is 2.14. The molecule has 0 bridgehead atoms. The number of hydrogen-bond acceptors (Lipinski definition) is 4. The quantitative estimate of drug-likeness (QED) is 0.775. The predicted molar refractivity (Wildman–Crippen MR) is 66.4 cm³/mol. The van der Waals surface area contributed by atoms with Crippen LogP contribution in [-0.4, -0.2) is 30.3 Å². The van der Waals surface area contributed by atoms with Gasteiger partial charge in [0.05, 0.1) is 19.6 Å². The van der Waals surface area contributed by atoms with E-state index in [-0.39, 0.29) is 12.2 Å². The maximum Gasteiger partial charge on any atom is 0.168 e. The van der Waals surface area contributed by atoms with Gasteiger partial charge in [-0.15, -0.1) is 0 Å². The summed E-state index contributed by atoms with van der Waals surface area (Å²) < 4.78 is 10.6. The average Bonchev–Trinajstić information content (AvgIpc) is 2.91. The third kappa shape index (κ3) is 2.12. The fraction of sp³-hybridized carbons (Fsp3) is 0.286. The van der Waals surface area contributed by atoms with Crippen LogP contribution in [0.25, 0.3) is 10.8 Å². The molecule has 0 unspecified atom stereocenters. The van der Waals surface area contributed by atoms with Crippen molar-refractivity contribution in [3.63, 3.8) is 0 Å². The van der Waals surface area contributed by atoms with Gasteiger partial charge >= 0.3 is 0 Å². The van der Waals surface area contributed by atoms with Gasteiger partial charge in [0.15, 0.2) is 12.1 Å². The van der Waals surface area contributed by atoms with Crippen molar-refractivity contribution in [2.75, 3.05) is 13.2 Å². The number of fused-ring (bicyclic) bond motifs is 1. The van der Waals surface area contributed by atoms with Crippen LogP contribution in [0.1, 0.15) is 16.8 Å². The number of carbonyl (C=O) groups is 1. The summed E-state index contributed by atoms with van der Waals surface area (Å²) in [4.78, 5) is 16.3. The number of Topliss-reactive ketones (excluding diaryl/α,β-unsaturated/α-hetero) is 1. The van der Waals surface area contributed by atoms with Gasteiger partial charge in [-0.2, -0.15) is 0 Å². The number of rotatable bonds is 3. The molecule has 3 rings (SSSR count). The lowest BCUT2D eigenvalue weighted by Gasteiger charge is -2.09. The maximum absolute atomic E-state index is 12.2. The smallest absolute Gasteiger partial charge is 0.168 e. The van der Waals surface area contributed by atoms with E-state index >= 15 is 0 Å². The lowest BCUT2D eigenvalue weighted by molar-refractivity contribution is -0.0407. The zero-order valence-electron chi connectivity index (χ0n) is 9.83. The second-order valence-corrected chi connectivity index (χ2v) is 4.20. The summed E-state index contributed by atoms with van der Waals surface area (Å²) in [6.07, 6.45) is 3.30. The number of ketones is 1. The molecule has 4 nitrogen and oxygen atoms in total. The minimum Gasteiger partial charge on any atom is -0.350 e. The Morgan fingerprint density at radius 1 is 1.28 bits per heavy atom. The first-order valence-electron chi connectivity index (χ1n) is 5.94. The highest BCUT2D eigenvalue weighted by Gasteiger charge is 2.21. The van der Waals surface area contributed by atoms with Gasteiger partial charge in [-0.25, -0.2) is 0 Å². The minimum absolute atomic E-state index is 0.0282. The van der Waals surface area contributed by atoms with Crippen molar-refractivity contribution in [1.82, 2.24) is 4.98 Å². The molecule has 0 radical (unpaired) electrons. The highest BCUT2D eigenvalue weighted by molar-refractivity contribution is 6.07. The zero-order valence-corrected chi connectivity index (χ0v) is 9.83. The van der Waals surface area contributed by atoms with E-state index in [4.69, 9.17) is 9.47 Å². The third-order valence-corrected chi connectivity index (χ3v) is 3.03. The molecular formula is C14H13NO3. The normalized spacial score (nSPS) is 16.2. The van der Waals surface area contributed by atoms with E-state index in [2.05, 4.69) is 4.98 Å². The Kier molecular flexibility index (Phi) is 3.04. The highest BCUT2D eigenvalue weighted by atomic mass is 16.7. The SMILES string of the molecule is O=C(CC1OCCO1)c1cccc2ccncc12. The molecule has 0 saturated carbocycles. The average molecular weight is 243 g/mol. The predicted octanol–water partition coefficient (Wildman–Crippen LogP) is 2.18. The molecule has 1 aliphatic heterocycles. The van der Waals surface area contributed by atoms with Crippen molar-refractivity contribution in [1.29, 1.82) is 0 Å². The van der Waals surface area contributed by atoms with Crippen LogP contribution < -0.4 is 0 Å². The van der Waals surface area contributed by atoms with Gasteiger partial charge < -0.3 is 9.47 Å². The van der Waals surface area contributed by atoms with Gasteiger partial charge in [-0.1, -0.05) is 18.2 Å². The molecule has 0 N–H and O–H groups in total. The Labute approximate surface area is 105 Å². The number of benzene rings is 1. The van der Waals surface area contributed by atoms with Crippen LogP contribution in [0.15, 0.2) is 36.7 Å². The maximum atomic E-state index is 12.2. The van der Waals surface area contributed by atoms with E-state index in [1.54, 1.807) is 12.4 Å². The summed E-state index contributed by atoms with van der Waals surface area (Å²) in [6.45, 7) is 1.13. The topological polar surface area (TPSA) is 48.4 Å². The van der Waals surface area contributed by atoms with Gasteiger partial charge in [0, 0.05) is 23.3 Å². The summed E-state index contributed by atoms with van der Waals surface area (Å²) in [6, 6.07) is 7.57. The lowest BCUT2D eigenvalue weighted by Crippen LogP contribution is -2.14. The molecule has 1 aromatic carbocycles. The lowest BCUT2D eigenvalue weighted by atomic mass is 10.0. The Morgan fingerprint density at radius 3 is 2.94 bits per heavy atom. The summed E-state index contributed by atoms with van der Waals surface area (Å²) in [5, 5.41) is 1.90. The first-order valence-corrected chi connectivity index (χ1v) is 5.94. The molecule has 4 heteroatoms. The van der Waals surface area contributed by atoms with Crippen molar-refractivity contribution in [2.24, 2.45) is 0 Å². The molecular weight excluding hydrogens is 230 g/mol. The Hall–Kier alpha value is -1.78. The Morgan fingerprint density at radius 2 is 2.11 bits per heavy atom. The molecule has 0 atom stereocenters. The van der Waals surface area contributed by atoms with Crippen molar-refractivity contribution >= 4 is 16.6 Å². The van der Waals surface area contributed by atoms with Crippen molar-refractivity contribution < 1.29 is 14.3 Å². The fourth-order valence-electron chi connectivity index (χ4n) is 2.14. The van der Waals surface area contributed by atoms with Crippen molar-refractivity contribution in [2.45, 2.75) is 12.7 Å². The summed E-state index contributed by atoms with van der Waals surface area (Å²) in [7, 11) is 0. The van der Waals surface area contributed by atoms with Crippen LogP contribution >= 0.6 is 0 Å². The molecule has 92 valence electrons. The van der Waals surface area contributed by atoms with Gasteiger partial charge in [0.1, 0.15) is 0 Å². The Bertz CT molecular complexity index is 571. The van der Waals surface area contributed by atoms with E-state index in [9.17, 15) is 4.79 Å². The molecule has 2 heterocycles. The number of nitrogens with zero attached hydrogens (tertiary/aromatic N) is 1. The van der Waals surface area contributed by atoms with E-state index < -0.39 is 6.29 Å². The monoisotopic (exact) mass is 243 g/mol. The number of pyridine rings is 1. The summed E-state index contributed by atoms with van der Waals surface area (Å²) in [5.74, 6) is 0.0282. The first-order chi connectivity index (χ1) is 8.84. The molecule has 0 amide bonds. The van der Waals surface area contributed by atoms with Crippen molar-refractivity contribution in [3.05, 3.63) is 42.2 Å². The summed E-state index contributed by atoms with van der Waals surface area (Å²) >= 11 is 0. The first kappa shape index (κ1) is 11.3. The molecule has 1 aromatic heterocycles. The van der Waals surface area contributed by atoms with Crippen LogP contribution in [0.2, 0.25) is 0 Å². The molecule has 18 heavy (non-hydrogen) atoms. The number of carbonyl (C=O) groups excluding carboxylic acids is 1. The number of ether oxygens (including phenoxy) is 2. The highest BCUT2D eigenvalue weighted by Crippen LogP contribution is 2.20. The largest absolute Gasteiger partial charge is 0.350 e. The molecule has 0 aliphatic carbocycles. The molecule has 1 aliphatic rings. The second kappa shape index (κ2) is 4.84. The van der Waals surface area contributed by atoms with Crippen LogP contribution in [0.5, 0.6) is 0 Å². The van der Waals surface area contributed by atoms with Gasteiger partial charge in [0.2, 0.25) is 0 Å². The standard InChI is InChI=1S/C14H13NO3/c16-13(8-14-17-6-7-18-14)11-3-1-2-10-4-5-15-9-12(10)11/h1-5,9,14H,6-8H2. The van der Waals surface area contributed by atoms with Gasteiger partial charge in [-0.05, 0) is 11.5 Å².